The van der Waals surface area contributed by atoms with Crippen LogP contribution in [0.25, 0.3) is 0 Å². The minimum Gasteiger partial charge on any atom is -0.478 e. The summed E-state index contributed by atoms with van der Waals surface area (Å²) in [6, 6.07) is 8.84. The molecule has 3 rings (SSSR count). The lowest BCUT2D eigenvalue weighted by Gasteiger charge is -2.36. The fourth-order valence-electron chi connectivity index (χ4n) is 3.85. The Hall–Kier alpha value is -2.20. The molecule has 1 aliphatic rings. The Bertz CT molecular complexity index is 1050. The van der Waals surface area contributed by atoms with Gasteiger partial charge >= 0.3 is 5.97 Å². The number of sulfonamides is 1. The van der Waals surface area contributed by atoms with Gasteiger partial charge in [-0.3, -0.25) is 4.90 Å². The fraction of sp³-hybridized carbons (Fsp3) is 0.455. The molecule has 10 heteroatoms. The summed E-state index contributed by atoms with van der Waals surface area (Å²) >= 11 is 0. The van der Waals surface area contributed by atoms with Gasteiger partial charge in [0.05, 0.1) is 4.90 Å². The molecule has 1 aromatic heterocycles. The molecule has 1 aromatic carbocycles. The minimum atomic E-state index is -3.52. The van der Waals surface area contributed by atoms with Crippen molar-refractivity contribution in [2.24, 2.45) is 0 Å². The molecule has 0 saturated carbocycles. The van der Waals surface area contributed by atoms with Crippen molar-refractivity contribution in [1.29, 1.82) is 0 Å². The number of hydrogen-bond donors (Lipinski definition) is 1. The van der Waals surface area contributed by atoms with Gasteiger partial charge in [0.15, 0.2) is 0 Å². The SMILES string of the molecule is CC(C)c1ccnc(N2CCN(Cc3ccccc3S(=O)(=O)N(C)C)CC2)c1C(=O)O.Cl. The summed E-state index contributed by atoms with van der Waals surface area (Å²) in [4.78, 5) is 20.8. The number of benzene rings is 1. The number of rotatable bonds is 7. The topological polar surface area (TPSA) is 94.1 Å². The van der Waals surface area contributed by atoms with Gasteiger partial charge in [0.1, 0.15) is 11.4 Å². The van der Waals surface area contributed by atoms with Crippen molar-refractivity contribution in [3.63, 3.8) is 0 Å². The predicted molar refractivity (Wildman–Crippen MR) is 127 cm³/mol. The van der Waals surface area contributed by atoms with Gasteiger partial charge in [-0.2, -0.15) is 0 Å². The van der Waals surface area contributed by atoms with Crippen LogP contribution < -0.4 is 4.90 Å². The third-order valence-electron chi connectivity index (χ3n) is 5.60. The van der Waals surface area contributed by atoms with Crippen LogP contribution in [0.15, 0.2) is 41.4 Å². The molecule has 0 amide bonds. The number of halogens is 1. The molecule has 32 heavy (non-hydrogen) atoms. The van der Waals surface area contributed by atoms with Crippen LogP contribution in [0.4, 0.5) is 5.82 Å². The zero-order valence-electron chi connectivity index (χ0n) is 18.9. The minimum absolute atomic E-state index is 0. The lowest BCUT2D eigenvalue weighted by molar-refractivity contribution is 0.0695. The van der Waals surface area contributed by atoms with E-state index in [0.29, 0.717) is 43.4 Å². The van der Waals surface area contributed by atoms with Crippen molar-refractivity contribution in [1.82, 2.24) is 14.2 Å². The maximum Gasteiger partial charge on any atom is 0.339 e. The molecule has 0 atom stereocenters. The number of piperazine rings is 1. The normalized spacial score (nSPS) is 15.1. The standard InChI is InChI=1S/C22H30N4O4S.ClH/c1-16(2)18-9-10-23-21(20(18)22(27)28)26-13-11-25(12-14-26)15-17-7-5-6-8-19(17)31(29,30)24(3)4;/h5-10,16H,11-15H2,1-4H3,(H,27,28);1H. The molecule has 0 aliphatic carbocycles. The van der Waals surface area contributed by atoms with Crippen molar-refractivity contribution in [2.45, 2.75) is 31.2 Å². The molecule has 0 unspecified atom stereocenters. The molecule has 1 saturated heterocycles. The van der Waals surface area contributed by atoms with Crippen LogP contribution in [0.5, 0.6) is 0 Å². The third kappa shape index (κ3) is 5.40. The molecule has 0 bridgehead atoms. The lowest BCUT2D eigenvalue weighted by Crippen LogP contribution is -2.47. The van der Waals surface area contributed by atoms with Crippen molar-refractivity contribution in [3.8, 4) is 0 Å². The van der Waals surface area contributed by atoms with Gasteiger partial charge in [0.2, 0.25) is 10.0 Å². The van der Waals surface area contributed by atoms with Crippen molar-refractivity contribution >= 4 is 34.2 Å². The summed E-state index contributed by atoms with van der Waals surface area (Å²) < 4.78 is 26.5. The molecule has 1 fully saturated rings. The van der Waals surface area contributed by atoms with Crippen molar-refractivity contribution < 1.29 is 18.3 Å². The van der Waals surface area contributed by atoms with Crippen LogP contribution in [-0.4, -0.2) is 74.0 Å². The molecule has 0 spiro atoms. The van der Waals surface area contributed by atoms with Crippen LogP contribution in [-0.2, 0) is 16.6 Å². The quantitative estimate of drug-likeness (QED) is 0.648. The number of pyridine rings is 1. The van der Waals surface area contributed by atoms with Crippen LogP contribution in [0, 0.1) is 0 Å². The Labute approximate surface area is 196 Å². The number of aromatic nitrogens is 1. The van der Waals surface area contributed by atoms with E-state index in [9.17, 15) is 18.3 Å². The molecular formula is C22H31ClN4O4S. The highest BCUT2D eigenvalue weighted by atomic mass is 35.5. The summed E-state index contributed by atoms with van der Waals surface area (Å²) in [7, 11) is -0.457. The van der Waals surface area contributed by atoms with Crippen LogP contribution in [0.2, 0.25) is 0 Å². The van der Waals surface area contributed by atoms with E-state index in [-0.39, 0.29) is 23.9 Å². The van der Waals surface area contributed by atoms with E-state index in [1.54, 1.807) is 24.4 Å². The Kier molecular flexibility index (Phi) is 8.64. The summed E-state index contributed by atoms with van der Waals surface area (Å²) in [5.74, 6) is -0.365. The highest BCUT2D eigenvalue weighted by molar-refractivity contribution is 7.89. The average Bonchev–Trinajstić information content (AvgIpc) is 2.73. The smallest absolute Gasteiger partial charge is 0.339 e. The number of carboxylic acid groups (broad SMARTS) is 1. The number of carbonyl (C=O) groups is 1. The van der Waals surface area contributed by atoms with Crippen molar-refractivity contribution in [3.05, 3.63) is 53.2 Å². The first-order valence-corrected chi connectivity index (χ1v) is 11.8. The second-order valence-electron chi connectivity index (χ2n) is 8.22. The molecule has 1 aliphatic heterocycles. The van der Waals surface area contributed by atoms with Gasteiger partial charge in [-0.25, -0.2) is 22.5 Å². The maximum atomic E-state index is 12.7. The van der Waals surface area contributed by atoms with Gasteiger partial charge in [0, 0.05) is 53.0 Å². The van der Waals surface area contributed by atoms with E-state index >= 15 is 0 Å². The highest BCUT2D eigenvalue weighted by Crippen LogP contribution is 2.28. The Balaban J connectivity index is 0.00000363. The molecule has 1 N–H and O–H groups in total. The van der Waals surface area contributed by atoms with Crippen LogP contribution in [0.1, 0.15) is 41.3 Å². The van der Waals surface area contributed by atoms with E-state index in [0.717, 1.165) is 11.1 Å². The van der Waals surface area contributed by atoms with Crippen molar-refractivity contribution in [2.75, 3.05) is 45.2 Å². The molecule has 0 radical (unpaired) electrons. The third-order valence-corrected chi connectivity index (χ3v) is 7.51. The summed E-state index contributed by atoms with van der Waals surface area (Å²) in [6.07, 6.45) is 1.67. The van der Waals surface area contributed by atoms with Gasteiger partial charge < -0.3 is 10.0 Å². The van der Waals surface area contributed by atoms with E-state index in [2.05, 4.69) is 9.88 Å². The number of nitrogens with zero attached hydrogens (tertiary/aromatic N) is 4. The van der Waals surface area contributed by atoms with E-state index in [1.165, 1.54) is 18.4 Å². The molecule has 2 aromatic rings. The second-order valence-corrected chi connectivity index (χ2v) is 10.3. The monoisotopic (exact) mass is 482 g/mol. The van der Waals surface area contributed by atoms with E-state index < -0.39 is 16.0 Å². The zero-order chi connectivity index (χ0) is 22.8. The first kappa shape index (κ1) is 26.1. The van der Waals surface area contributed by atoms with E-state index in [1.807, 2.05) is 30.9 Å². The van der Waals surface area contributed by atoms with Crippen LogP contribution in [0.3, 0.4) is 0 Å². The van der Waals surface area contributed by atoms with Gasteiger partial charge in [-0.05, 0) is 29.2 Å². The first-order valence-electron chi connectivity index (χ1n) is 10.3. The summed E-state index contributed by atoms with van der Waals surface area (Å²) in [6.45, 7) is 7.08. The Morgan fingerprint density at radius 1 is 1.12 bits per heavy atom. The van der Waals surface area contributed by atoms with Gasteiger partial charge in [0.25, 0.3) is 0 Å². The first-order chi connectivity index (χ1) is 14.6. The highest BCUT2D eigenvalue weighted by Gasteiger charge is 2.27. The van der Waals surface area contributed by atoms with Gasteiger partial charge in [-0.15, -0.1) is 12.4 Å². The largest absolute Gasteiger partial charge is 0.478 e. The van der Waals surface area contributed by atoms with Gasteiger partial charge in [-0.1, -0.05) is 32.0 Å². The Morgan fingerprint density at radius 3 is 2.31 bits per heavy atom. The Morgan fingerprint density at radius 2 is 1.75 bits per heavy atom. The number of carboxylic acids is 1. The summed E-state index contributed by atoms with van der Waals surface area (Å²) in [5, 5.41) is 9.79. The van der Waals surface area contributed by atoms with E-state index in [4.69, 9.17) is 0 Å². The zero-order valence-corrected chi connectivity index (χ0v) is 20.5. The number of hydrogen-bond acceptors (Lipinski definition) is 6. The second kappa shape index (κ2) is 10.6. The molecule has 176 valence electrons. The fourth-order valence-corrected chi connectivity index (χ4v) is 4.95. The maximum absolute atomic E-state index is 12.7. The average molecular weight is 483 g/mol. The summed E-state index contributed by atoms with van der Waals surface area (Å²) in [5.41, 5.74) is 1.81. The molecule has 2 heterocycles. The van der Waals surface area contributed by atoms with Crippen LogP contribution >= 0.6 is 12.4 Å². The predicted octanol–water partition coefficient (Wildman–Crippen LogP) is 2.90. The molecular weight excluding hydrogens is 452 g/mol. The number of aromatic carboxylic acids is 1. The number of anilines is 1. The lowest BCUT2D eigenvalue weighted by atomic mass is 9.98. The molecule has 8 nitrogen and oxygen atoms in total.